The van der Waals surface area contributed by atoms with Gasteiger partial charge in [0, 0.05) is 20.6 Å². The van der Waals surface area contributed by atoms with Gasteiger partial charge < -0.3 is 14.2 Å². The van der Waals surface area contributed by atoms with Crippen LogP contribution in [0.15, 0.2) is 111 Å². The highest BCUT2D eigenvalue weighted by atomic mass is 127. The molecular formula is C37H29BrClIN2O5S. The van der Waals surface area contributed by atoms with E-state index in [4.69, 9.17) is 30.8 Å². The Labute approximate surface area is 308 Å². The summed E-state index contributed by atoms with van der Waals surface area (Å²) in [5, 5.41) is 0.651. The standard InChI is InChI=1S/C37H29BrClIN2O5S/c1-3-45-28-16-12-24(13-17-28)33-31(36(44)46-4-2)32(23-8-6-5-7-9-23)41-37-42(33)35(43)30(48-37)19-25-18-26(38)20-29(40)34(25)47-21-22-10-14-27(39)15-11-22/h5-20,33H,3-4,21H2,1-2H3/b30-19-/t33-/m1/s1. The third-order valence-electron chi connectivity index (χ3n) is 7.50. The number of fused-ring (bicyclic) bond motifs is 1. The van der Waals surface area contributed by atoms with Crippen molar-refractivity contribution in [3.05, 3.63) is 152 Å². The first-order chi connectivity index (χ1) is 23.3. The maximum absolute atomic E-state index is 14.4. The molecule has 0 saturated heterocycles. The largest absolute Gasteiger partial charge is 0.494 e. The highest BCUT2D eigenvalue weighted by Gasteiger charge is 2.35. The summed E-state index contributed by atoms with van der Waals surface area (Å²) in [6, 6.07) is 27.5. The fraction of sp³-hybridized carbons (Fsp3) is 0.162. The summed E-state index contributed by atoms with van der Waals surface area (Å²) < 4.78 is 21.3. The van der Waals surface area contributed by atoms with Crippen LogP contribution in [0.2, 0.25) is 5.02 Å². The Balaban J connectivity index is 1.55. The van der Waals surface area contributed by atoms with E-state index in [1.165, 1.54) is 11.3 Å². The molecule has 1 aliphatic heterocycles. The van der Waals surface area contributed by atoms with Crippen molar-refractivity contribution in [1.29, 1.82) is 0 Å². The van der Waals surface area contributed by atoms with Gasteiger partial charge >= 0.3 is 5.97 Å². The quantitative estimate of drug-likeness (QED) is 0.105. The Kier molecular flexibility index (Phi) is 10.8. The number of carbonyl (C=O) groups is 1. The minimum absolute atomic E-state index is 0.172. The van der Waals surface area contributed by atoms with Crippen molar-refractivity contribution in [2.75, 3.05) is 13.2 Å². The molecule has 4 aromatic carbocycles. The van der Waals surface area contributed by atoms with Gasteiger partial charge in [-0.15, -0.1) is 0 Å². The average molecular weight is 856 g/mol. The van der Waals surface area contributed by atoms with Crippen molar-refractivity contribution >= 4 is 79.2 Å². The maximum atomic E-state index is 14.4. The van der Waals surface area contributed by atoms with Gasteiger partial charge in [-0.2, -0.15) is 0 Å². The molecule has 6 rings (SSSR count). The van der Waals surface area contributed by atoms with Gasteiger partial charge in [0.05, 0.1) is 38.6 Å². The fourth-order valence-corrected chi connectivity index (χ4v) is 8.21. The number of rotatable bonds is 10. The molecule has 0 amide bonds. The Morgan fingerprint density at radius 3 is 2.42 bits per heavy atom. The molecule has 7 nitrogen and oxygen atoms in total. The molecule has 48 heavy (non-hydrogen) atoms. The Hall–Kier alpha value is -3.71. The number of hydrogen-bond donors (Lipinski definition) is 0. The first-order valence-corrected chi connectivity index (χ1v) is 18.2. The van der Waals surface area contributed by atoms with Crippen LogP contribution in [-0.2, 0) is 16.1 Å². The molecule has 0 radical (unpaired) electrons. The fourth-order valence-electron chi connectivity index (χ4n) is 5.39. The van der Waals surface area contributed by atoms with E-state index in [-0.39, 0.29) is 17.7 Å². The number of benzene rings is 4. The molecule has 11 heteroatoms. The van der Waals surface area contributed by atoms with Crippen LogP contribution in [0, 0.1) is 3.57 Å². The van der Waals surface area contributed by atoms with Crippen LogP contribution in [0.5, 0.6) is 11.5 Å². The lowest BCUT2D eigenvalue weighted by Gasteiger charge is -2.26. The predicted molar refractivity (Wildman–Crippen MR) is 201 cm³/mol. The van der Waals surface area contributed by atoms with E-state index in [2.05, 4.69) is 38.5 Å². The second-order valence-corrected chi connectivity index (χ2v) is 14.2. The molecular weight excluding hydrogens is 827 g/mol. The van der Waals surface area contributed by atoms with Gasteiger partial charge in [-0.1, -0.05) is 93.5 Å². The zero-order valence-corrected chi connectivity index (χ0v) is 31.2. The number of nitrogens with zero attached hydrogens (tertiary/aromatic N) is 2. The normalized spacial score (nSPS) is 14.4. The van der Waals surface area contributed by atoms with Crippen LogP contribution in [0.3, 0.4) is 0 Å². The zero-order valence-electron chi connectivity index (χ0n) is 25.9. The molecule has 1 aliphatic rings. The van der Waals surface area contributed by atoms with Crippen LogP contribution in [0.4, 0.5) is 0 Å². The first-order valence-electron chi connectivity index (χ1n) is 15.1. The number of carbonyl (C=O) groups excluding carboxylic acids is 1. The van der Waals surface area contributed by atoms with Gasteiger partial charge in [0.15, 0.2) is 4.80 Å². The molecule has 244 valence electrons. The van der Waals surface area contributed by atoms with Gasteiger partial charge in [-0.05, 0) is 90.0 Å². The minimum Gasteiger partial charge on any atom is -0.494 e. The van der Waals surface area contributed by atoms with Crippen LogP contribution >= 0.6 is 61.5 Å². The molecule has 0 fully saturated rings. The second-order valence-electron chi connectivity index (χ2n) is 10.7. The van der Waals surface area contributed by atoms with Crippen LogP contribution in [0.25, 0.3) is 11.8 Å². The van der Waals surface area contributed by atoms with Gasteiger partial charge in [-0.3, -0.25) is 9.36 Å². The molecule has 0 saturated carbocycles. The summed E-state index contributed by atoms with van der Waals surface area (Å²) in [6.45, 7) is 4.68. The van der Waals surface area contributed by atoms with Crippen molar-refractivity contribution in [3.8, 4) is 11.5 Å². The van der Waals surface area contributed by atoms with Gasteiger partial charge in [0.2, 0.25) is 0 Å². The number of ether oxygens (including phenoxy) is 3. The average Bonchev–Trinajstić information content (AvgIpc) is 3.39. The van der Waals surface area contributed by atoms with E-state index < -0.39 is 12.0 Å². The number of thiazole rings is 1. The topological polar surface area (TPSA) is 79.1 Å². The van der Waals surface area contributed by atoms with Gasteiger partial charge in [-0.25, -0.2) is 9.79 Å². The maximum Gasteiger partial charge on any atom is 0.338 e. The number of aromatic nitrogens is 1. The van der Waals surface area contributed by atoms with Crippen LogP contribution in [-0.4, -0.2) is 23.8 Å². The summed E-state index contributed by atoms with van der Waals surface area (Å²) in [5.41, 5.74) is 3.61. The third-order valence-corrected chi connectivity index (χ3v) is 9.99. The molecule has 0 N–H and O–H groups in total. The van der Waals surface area contributed by atoms with Crippen molar-refractivity contribution in [1.82, 2.24) is 4.57 Å². The Bertz CT molecular complexity index is 2180. The van der Waals surface area contributed by atoms with E-state index in [0.29, 0.717) is 44.8 Å². The minimum atomic E-state index is -0.795. The van der Waals surface area contributed by atoms with Crippen molar-refractivity contribution in [2.45, 2.75) is 26.5 Å². The Morgan fingerprint density at radius 2 is 1.73 bits per heavy atom. The summed E-state index contributed by atoms with van der Waals surface area (Å²) in [4.78, 5) is 33.6. The molecule has 1 aromatic heterocycles. The first kappa shape index (κ1) is 34.2. The van der Waals surface area contributed by atoms with Crippen LogP contribution < -0.4 is 24.4 Å². The molecule has 0 unspecified atom stereocenters. The van der Waals surface area contributed by atoms with Gasteiger partial charge in [0.1, 0.15) is 18.1 Å². The highest BCUT2D eigenvalue weighted by molar-refractivity contribution is 14.1. The summed E-state index contributed by atoms with van der Waals surface area (Å²) >= 11 is 13.2. The predicted octanol–water partition coefficient (Wildman–Crippen LogP) is 7.93. The van der Waals surface area contributed by atoms with Crippen molar-refractivity contribution < 1.29 is 19.0 Å². The highest BCUT2D eigenvalue weighted by Crippen LogP contribution is 2.36. The Morgan fingerprint density at radius 1 is 1.00 bits per heavy atom. The second kappa shape index (κ2) is 15.2. The lowest BCUT2D eigenvalue weighted by atomic mass is 9.93. The molecule has 0 spiro atoms. The number of halogens is 3. The number of esters is 1. The molecule has 5 aromatic rings. The van der Waals surface area contributed by atoms with Crippen molar-refractivity contribution in [2.24, 2.45) is 4.99 Å². The monoisotopic (exact) mass is 854 g/mol. The molecule has 0 aliphatic carbocycles. The van der Waals surface area contributed by atoms with E-state index in [9.17, 15) is 9.59 Å². The SMILES string of the molecule is CCOC(=O)C1=C(c2ccccc2)N=c2s/c(=C\c3cc(Br)cc(I)c3OCc3ccc(Cl)cc3)c(=O)n2[C@@H]1c1ccc(OCC)cc1. The third kappa shape index (κ3) is 7.31. The van der Waals surface area contributed by atoms with Crippen LogP contribution in [0.1, 0.15) is 42.1 Å². The zero-order chi connectivity index (χ0) is 33.8. The van der Waals surface area contributed by atoms with Crippen molar-refractivity contribution in [3.63, 3.8) is 0 Å². The number of hydrogen-bond acceptors (Lipinski definition) is 7. The smallest absolute Gasteiger partial charge is 0.338 e. The lowest BCUT2D eigenvalue weighted by molar-refractivity contribution is -0.138. The summed E-state index contributed by atoms with van der Waals surface area (Å²) in [7, 11) is 0. The van der Waals surface area contributed by atoms with E-state index in [1.54, 1.807) is 11.5 Å². The van der Waals surface area contributed by atoms with E-state index in [0.717, 1.165) is 30.3 Å². The van der Waals surface area contributed by atoms with E-state index in [1.807, 2.05) is 104 Å². The van der Waals surface area contributed by atoms with Gasteiger partial charge in [0.25, 0.3) is 5.56 Å². The molecule has 0 bridgehead atoms. The molecule has 1 atom stereocenters. The molecule has 2 heterocycles. The summed E-state index contributed by atoms with van der Waals surface area (Å²) in [5.74, 6) is 0.793. The summed E-state index contributed by atoms with van der Waals surface area (Å²) in [6.07, 6.45) is 1.82. The lowest BCUT2D eigenvalue weighted by Crippen LogP contribution is -2.40. The van der Waals surface area contributed by atoms with E-state index >= 15 is 0 Å².